The van der Waals surface area contributed by atoms with Crippen molar-refractivity contribution in [3.8, 4) is 17.2 Å². The summed E-state index contributed by atoms with van der Waals surface area (Å²) in [6.07, 6.45) is 1.54. The van der Waals surface area contributed by atoms with Gasteiger partial charge in [-0.1, -0.05) is 12.1 Å². The van der Waals surface area contributed by atoms with Crippen LogP contribution in [0.4, 0.5) is 5.69 Å². The summed E-state index contributed by atoms with van der Waals surface area (Å²) in [5.74, 6) is 1.59. The predicted molar refractivity (Wildman–Crippen MR) is 119 cm³/mol. The number of carbonyl (C=O) groups excluding carboxylic acids is 2. The van der Waals surface area contributed by atoms with E-state index in [-0.39, 0.29) is 18.6 Å². The van der Waals surface area contributed by atoms with Crippen molar-refractivity contribution < 1.29 is 23.8 Å². The maximum absolute atomic E-state index is 12.2. The van der Waals surface area contributed by atoms with Crippen molar-refractivity contribution in [2.75, 3.05) is 12.1 Å². The average Bonchev–Trinajstić information content (AvgIpc) is 3.26. The first-order valence-corrected chi connectivity index (χ1v) is 9.89. The molecule has 1 aliphatic heterocycles. The summed E-state index contributed by atoms with van der Waals surface area (Å²) >= 11 is 0. The van der Waals surface area contributed by atoms with Crippen LogP contribution in [-0.4, -0.2) is 24.8 Å². The summed E-state index contributed by atoms with van der Waals surface area (Å²) in [6, 6.07) is 19.6. The van der Waals surface area contributed by atoms with Crippen molar-refractivity contribution in [3.63, 3.8) is 0 Å². The zero-order valence-corrected chi connectivity index (χ0v) is 17.3. The van der Waals surface area contributed by atoms with E-state index in [2.05, 4.69) is 15.8 Å². The van der Waals surface area contributed by atoms with Gasteiger partial charge in [-0.2, -0.15) is 5.10 Å². The molecule has 0 aromatic heterocycles. The van der Waals surface area contributed by atoms with E-state index in [0.717, 1.165) is 22.6 Å². The first kappa shape index (κ1) is 20.9. The second kappa shape index (κ2) is 9.65. The number of amides is 2. The number of fused-ring (bicyclic) bond motifs is 1. The monoisotopic (exact) mass is 431 g/mol. The number of nitrogens with zero attached hydrogens (tertiary/aromatic N) is 1. The number of anilines is 1. The molecule has 0 aliphatic carbocycles. The third-order valence-corrected chi connectivity index (χ3v) is 4.55. The molecule has 8 nitrogen and oxygen atoms in total. The van der Waals surface area contributed by atoms with Gasteiger partial charge < -0.3 is 19.5 Å². The van der Waals surface area contributed by atoms with Gasteiger partial charge in [0.15, 0.2) is 11.5 Å². The van der Waals surface area contributed by atoms with Gasteiger partial charge in [0.1, 0.15) is 12.4 Å². The van der Waals surface area contributed by atoms with Gasteiger partial charge >= 0.3 is 0 Å². The van der Waals surface area contributed by atoms with Crippen LogP contribution in [-0.2, 0) is 11.4 Å². The lowest BCUT2D eigenvalue weighted by molar-refractivity contribution is -0.114. The Morgan fingerprint density at radius 1 is 1.03 bits per heavy atom. The fourth-order valence-corrected chi connectivity index (χ4v) is 3.02. The summed E-state index contributed by atoms with van der Waals surface area (Å²) in [5.41, 5.74) is 5.19. The minimum Gasteiger partial charge on any atom is -0.489 e. The van der Waals surface area contributed by atoms with E-state index in [4.69, 9.17) is 14.2 Å². The maximum Gasteiger partial charge on any atom is 0.271 e. The van der Waals surface area contributed by atoms with Gasteiger partial charge in [0, 0.05) is 18.2 Å². The molecule has 0 atom stereocenters. The van der Waals surface area contributed by atoms with Crippen molar-refractivity contribution in [1.82, 2.24) is 5.43 Å². The molecule has 1 aliphatic rings. The SMILES string of the molecule is CC(=O)Nc1cccc(C(=O)NN=Cc2ccc(OCc3ccc4c(c3)OCO4)cc2)c1. The van der Waals surface area contributed by atoms with Gasteiger partial charge in [0.2, 0.25) is 12.7 Å². The van der Waals surface area contributed by atoms with E-state index in [1.165, 1.54) is 13.1 Å². The number of hydrogen-bond acceptors (Lipinski definition) is 6. The minimum atomic E-state index is -0.378. The minimum absolute atomic E-state index is 0.205. The van der Waals surface area contributed by atoms with E-state index < -0.39 is 0 Å². The van der Waals surface area contributed by atoms with Gasteiger partial charge in [0.25, 0.3) is 5.91 Å². The lowest BCUT2D eigenvalue weighted by Crippen LogP contribution is -2.18. The smallest absolute Gasteiger partial charge is 0.271 e. The Bertz CT molecular complexity index is 1160. The Morgan fingerprint density at radius 2 is 1.84 bits per heavy atom. The summed E-state index contributed by atoms with van der Waals surface area (Å²) in [4.78, 5) is 23.4. The van der Waals surface area contributed by atoms with Crippen LogP contribution in [0.15, 0.2) is 71.8 Å². The zero-order chi connectivity index (χ0) is 22.3. The molecule has 3 aromatic carbocycles. The van der Waals surface area contributed by atoms with Crippen molar-refractivity contribution in [2.45, 2.75) is 13.5 Å². The maximum atomic E-state index is 12.2. The quantitative estimate of drug-likeness (QED) is 0.439. The highest BCUT2D eigenvalue weighted by Crippen LogP contribution is 2.32. The molecule has 0 fully saturated rings. The number of hydrazone groups is 1. The number of carbonyl (C=O) groups is 2. The molecule has 8 heteroatoms. The van der Waals surface area contributed by atoms with E-state index >= 15 is 0 Å². The lowest BCUT2D eigenvalue weighted by atomic mass is 10.2. The highest BCUT2D eigenvalue weighted by Gasteiger charge is 2.13. The second-order valence-electron chi connectivity index (χ2n) is 7.01. The molecule has 2 N–H and O–H groups in total. The molecule has 4 rings (SSSR count). The molecule has 32 heavy (non-hydrogen) atoms. The molecule has 0 unspecified atom stereocenters. The van der Waals surface area contributed by atoms with Crippen LogP contribution in [0, 0.1) is 0 Å². The fraction of sp³-hybridized carbons (Fsp3) is 0.125. The van der Waals surface area contributed by atoms with E-state index in [1.54, 1.807) is 24.3 Å². The van der Waals surface area contributed by atoms with Crippen LogP contribution in [0.2, 0.25) is 0 Å². The number of benzene rings is 3. The lowest BCUT2D eigenvalue weighted by Gasteiger charge is -2.07. The van der Waals surface area contributed by atoms with E-state index in [9.17, 15) is 9.59 Å². The van der Waals surface area contributed by atoms with E-state index in [1.807, 2.05) is 42.5 Å². The molecule has 2 amide bonds. The molecule has 0 saturated heterocycles. The molecule has 0 saturated carbocycles. The first-order chi connectivity index (χ1) is 15.6. The van der Waals surface area contributed by atoms with Crippen molar-refractivity contribution in [3.05, 3.63) is 83.4 Å². The topological polar surface area (TPSA) is 98.3 Å². The number of ether oxygens (including phenoxy) is 3. The molecule has 0 bridgehead atoms. The standard InChI is InChI=1S/C24H21N3O5/c1-16(28)26-20-4-2-3-19(12-20)24(29)27-25-13-17-5-8-21(9-6-17)30-14-18-7-10-22-23(11-18)32-15-31-22/h2-13H,14-15H2,1H3,(H,26,28)(H,27,29). The number of nitrogens with one attached hydrogen (secondary N) is 2. The molecule has 0 spiro atoms. The van der Waals surface area contributed by atoms with Gasteiger partial charge in [-0.15, -0.1) is 0 Å². The van der Waals surface area contributed by atoms with Crippen LogP contribution in [0.5, 0.6) is 17.2 Å². The van der Waals surface area contributed by atoms with Gasteiger partial charge in [0.05, 0.1) is 6.21 Å². The van der Waals surface area contributed by atoms with Crippen LogP contribution in [0.1, 0.15) is 28.4 Å². The molecular formula is C24H21N3O5. The average molecular weight is 431 g/mol. The molecule has 0 radical (unpaired) electrons. The van der Waals surface area contributed by atoms with Gasteiger partial charge in [-0.3, -0.25) is 9.59 Å². The fourth-order valence-electron chi connectivity index (χ4n) is 3.02. The Hall–Kier alpha value is -4.33. The van der Waals surface area contributed by atoms with Crippen LogP contribution < -0.4 is 25.0 Å². The molecule has 3 aromatic rings. The normalized spacial score (nSPS) is 11.9. The second-order valence-corrected chi connectivity index (χ2v) is 7.01. The van der Waals surface area contributed by atoms with Crippen LogP contribution >= 0.6 is 0 Å². The van der Waals surface area contributed by atoms with Crippen LogP contribution in [0.25, 0.3) is 0 Å². The van der Waals surface area contributed by atoms with Crippen molar-refractivity contribution >= 4 is 23.7 Å². The largest absolute Gasteiger partial charge is 0.489 e. The Morgan fingerprint density at radius 3 is 2.66 bits per heavy atom. The third-order valence-electron chi connectivity index (χ3n) is 4.55. The first-order valence-electron chi connectivity index (χ1n) is 9.89. The van der Waals surface area contributed by atoms with Gasteiger partial charge in [-0.05, 0) is 65.7 Å². The Labute approximate surface area is 184 Å². The summed E-state index contributed by atoms with van der Waals surface area (Å²) in [7, 11) is 0. The molecule has 1 heterocycles. The number of rotatable bonds is 7. The predicted octanol–water partition coefficient (Wildman–Crippen LogP) is 3.72. The van der Waals surface area contributed by atoms with E-state index in [0.29, 0.717) is 23.6 Å². The zero-order valence-electron chi connectivity index (χ0n) is 17.3. The highest BCUT2D eigenvalue weighted by atomic mass is 16.7. The van der Waals surface area contributed by atoms with Crippen molar-refractivity contribution in [1.29, 1.82) is 0 Å². The van der Waals surface area contributed by atoms with Gasteiger partial charge in [-0.25, -0.2) is 5.43 Å². The van der Waals surface area contributed by atoms with Crippen LogP contribution in [0.3, 0.4) is 0 Å². The van der Waals surface area contributed by atoms with Crippen molar-refractivity contribution in [2.24, 2.45) is 5.10 Å². The summed E-state index contributed by atoms with van der Waals surface area (Å²) < 4.78 is 16.5. The highest BCUT2D eigenvalue weighted by molar-refractivity contribution is 5.97. The third kappa shape index (κ3) is 5.42. The molecule has 162 valence electrons. The Balaban J connectivity index is 1.28. The summed E-state index contributed by atoms with van der Waals surface area (Å²) in [5, 5.41) is 6.62. The summed E-state index contributed by atoms with van der Waals surface area (Å²) in [6.45, 7) is 2.05. The number of hydrogen-bond donors (Lipinski definition) is 2. The Kier molecular flexibility index (Phi) is 6.31. The molecular weight excluding hydrogens is 410 g/mol.